The van der Waals surface area contributed by atoms with Crippen molar-refractivity contribution in [2.75, 3.05) is 43.5 Å². The van der Waals surface area contributed by atoms with Crippen LogP contribution in [0.15, 0.2) is 42.5 Å². The van der Waals surface area contributed by atoms with E-state index >= 15 is 0 Å². The first-order valence-electron chi connectivity index (χ1n) is 10.9. The Kier molecular flexibility index (Phi) is 7.91. The van der Waals surface area contributed by atoms with Gasteiger partial charge in [-0.05, 0) is 62.1 Å². The van der Waals surface area contributed by atoms with Crippen LogP contribution >= 0.6 is 0 Å². The SMILES string of the molecule is COc1ccccc1NC1CCN(CC(=O)N(CCC#N)c2cc(C)cc(C)c2)CC1. The maximum atomic E-state index is 13.1. The summed E-state index contributed by atoms with van der Waals surface area (Å²) in [5.74, 6) is 0.901. The molecular formula is C25H32N4O2. The number of hydrogen-bond donors (Lipinski definition) is 1. The molecule has 2 aromatic rings. The molecule has 0 spiro atoms. The number of benzene rings is 2. The van der Waals surface area contributed by atoms with Gasteiger partial charge in [0.1, 0.15) is 5.75 Å². The summed E-state index contributed by atoms with van der Waals surface area (Å²) in [6, 6.07) is 16.6. The van der Waals surface area contributed by atoms with E-state index in [1.54, 1.807) is 12.0 Å². The van der Waals surface area contributed by atoms with Crippen molar-refractivity contribution >= 4 is 17.3 Å². The van der Waals surface area contributed by atoms with E-state index < -0.39 is 0 Å². The van der Waals surface area contributed by atoms with E-state index in [4.69, 9.17) is 10.00 Å². The Morgan fingerprint density at radius 3 is 2.52 bits per heavy atom. The van der Waals surface area contributed by atoms with Gasteiger partial charge in [0.15, 0.2) is 0 Å². The van der Waals surface area contributed by atoms with Crippen molar-refractivity contribution in [1.29, 1.82) is 5.26 Å². The molecule has 1 saturated heterocycles. The van der Waals surface area contributed by atoms with Crippen LogP contribution in [-0.4, -0.2) is 50.1 Å². The first-order valence-corrected chi connectivity index (χ1v) is 10.9. The molecule has 0 aromatic heterocycles. The molecule has 31 heavy (non-hydrogen) atoms. The van der Waals surface area contributed by atoms with Gasteiger partial charge in [-0.1, -0.05) is 18.2 Å². The Hall–Kier alpha value is -3.04. The van der Waals surface area contributed by atoms with Crippen molar-refractivity contribution in [1.82, 2.24) is 4.90 Å². The van der Waals surface area contributed by atoms with Crippen LogP contribution in [0.25, 0.3) is 0 Å². The van der Waals surface area contributed by atoms with Crippen LogP contribution in [0.4, 0.5) is 11.4 Å². The molecular weight excluding hydrogens is 388 g/mol. The maximum absolute atomic E-state index is 13.1. The molecule has 2 aromatic carbocycles. The third-order valence-electron chi connectivity index (χ3n) is 5.68. The first-order chi connectivity index (χ1) is 15.0. The molecule has 0 saturated carbocycles. The van der Waals surface area contributed by atoms with Crippen molar-refractivity contribution in [2.24, 2.45) is 0 Å². The maximum Gasteiger partial charge on any atom is 0.241 e. The standard InChI is InChI=1S/C25H32N4O2/c1-19-15-20(2)17-22(16-19)29(12-6-11-26)25(30)18-28-13-9-21(10-14-28)27-23-7-4-5-8-24(23)31-3/h4-5,7-8,15-17,21,27H,6,9-10,12-14,18H2,1-3H3. The quantitative estimate of drug-likeness (QED) is 0.695. The number of aryl methyl sites for hydroxylation is 2. The van der Waals surface area contributed by atoms with E-state index in [0.717, 1.165) is 54.2 Å². The van der Waals surface area contributed by atoms with Gasteiger partial charge in [0.05, 0.1) is 31.8 Å². The lowest BCUT2D eigenvalue weighted by Gasteiger charge is -2.34. The minimum absolute atomic E-state index is 0.0522. The van der Waals surface area contributed by atoms with Gasteiger partial charge < -0.3 is 15.0 Å². The van der Waals surface area contributed by atoms with Crippen molar-refractivity contribution in [3.63, 3.8) is 0 Å². The molecule has 1 aliphatic heterocycles. The highest BCUT2D eigenvalue weighted by molar-refractivity contribution is 5.95. The predicted octanol–water partition coefficient (Wildman–Crippen LogP) is 4.14. The van der Waals surface area contributed by atoms with Gasteiger partial charge in [-0.3, -0.25) is 9.69 Å². The van der Waals surface area contributed by atoms with E-state index in [1.807, 2.05) is 50.2 Å². The summed E-state index contributed by atoms with van der Waals surface area (Å²) >= 11 is 0. The van der Waals surface area contributed by atoms with Gasteiger partial charge in [0.2, 0.25) is 5.91 Å². The van der Waals surface area contributed by atoms with Crippen molar-refractivity contribution < 1.29 is 9.53 Å². The fraction of sp³-hybridized carbons (Fsp3) is 0.440. The van der Waals surface area contributed by atoms with Gasteiger partial charge in [0, 0.05) is 31.4 Å². The molecule has 3 rings (SSSR count). The molecule has 0 radical (unpaired) electrons. The fourth-order valence-electron chi connectivity index (χ4n) is 4.16. The number of hydrogen-bond acceptors (Lipinski definition) is 5. The largest absolute Gasteiger partial charge is 0.495 e. The number of methoxy groups -OCH3 is 1. The van der Waals surface area contributed by atoms with E-state index in [0.29, 0.717) is 25.6 Å². The minimum atomic E-state index is 0.0522. The second-order valence-electron chi connectivity index (χ2n) is 8.19. The zero-order chi connectivity index (χ0) is 22.2. The molecule has 1 amide bonds. The van der Waals surface area contributed by atoms with Crippen LogP contribution in [0.2, 0.25) is 0 Å². The first kappa shape index (κ1) is 22.6. The predicted molar refractivity (Wildman–Crippen MR) is 125 cm³/mol. The normalized spacial score (nSPS) is 14.6. The molecule has 1 fully saturated rings. The molecule has 1 aliphatic rings. The Morgan fingerprint density at radius 1 is 1.19 bits per heavy atom. The molecule has 6 heteroatoms. The highest BCUT2D eigenvalue weighted by atomic mass is 16.5. The number of anilines is 2. The second kappa shape index (κ2) is 10.8. The Labute approximate surface area is 185 Å². The van der Waals surface area contributed by atoms with E-state index in [2.05, 4.69) is 22.4 Å². The number of nitrogens with one attached hydrogen (secondary N) is 1. The molecule has 164 valence electrons. The Bertz CT molecular complexity index is 909. The fourth-order valence-corrected chi connectivity index (χ4v) is 4.16. The lowest BCUT2D eigenvalue weighted by Crippen LogP contribution is -2.46. The Balaban J connectivity index is 1.58. The number of nitriles is 1. The van der Waals surface area contributed by atoms with Crippen molar-refractivity contribution in [3.05, 3.63) is 53.6 Å². The molecule has 1 heterocycles. The summed E-state index contributed by atoms with van der Waals surface area (Å²) in [7, 11) is 1.68. The number of ether oxygens (including phenoxy) is 1. The number of carbonyl (C=O) groups excluding carboxylic acids is 1. The third kappa shape index (κ3) is 6.22. The van der Waals surface area contributed by atoms with Crippen LogP contribution < -0.4 is 15.0 Å². The number of para-hydroxylation sites is 2. The topological polar surface area (TPSA) is 68.6 Å². The number of likely N-dealkylation sites (tertiary alicyclic amines) is 1. The number of piperidine rings is 1. The van der Waals surface area contributed by atoms with E-state index in [-0.39, 0.29) is 5.91 Å². The molecule has 1 N–H and O–H groups in total. The second-order valence-corrected chi connectivity index (χ2v) is 8.19. The number of amides is 1. The summed E-state index contributed by atoms with van der Waals surface area (Å²) in [6.07, 6.45) is 2.25. The number of rotatable bonds is 8. The van der Waals surface area contributed by atoms with Crippen molar-refractivity contribution in [2.45, 2.75) is 39.2 Å². The highest BCUT2D eigenvalue weighted by Gasteiger charge is 2.24. The molecule has 0 aliphatic carbocycles. The number of nitrogens with zero attached hydrogens (tertiary/aromatic N) is 3. The summed E-state index contributed by atoms with van der Waals surface area (Å²) in [4.78, 5) is 17.1. The molecule has 6 nitrogen and oxygen atoms in total. The molecule has 0 atom stereocenters. The van der Waals surface area contributed by atoms with Gasteiger partial charge in [0.25, 0.3) is 0 Å². The minimum Gasteiger partial charge on any atom is -0.495 e. The molecule has 0 bridgehead atoms. The average molecular weight is 421 g/mol. The van der Waals surface area contributed by atoms with Crippen LogP contribution in [-0.2, 0) is 4.79 Å². The van der Waals surface area contributed by atoms with Crippen LogP contribution in [0.1, 0.15) is 30.4 Å². The van der Waals surface area contributed by atoms with Gasteiger partial charge in [-0.15, -0.1) is 0 Å². The summed E-state index contributed by atoms with van der Waals surface area (Å²) in [5.41, 5.74) is 4.13. The van der Waals surface area contributed by atoms with Gasteiger partial charge in [-0.2, -0.15) is 5.26 Å². The third-order valence-corrected chi connectivity index (χ3v) is 5.68. The lowest BCUT2D eigenvalue weighted by atomic mass is 10.0. The highest BCUT2D eigenvalue weighted by Crippen LogP contribution is 2.26. The molecule has 0 unspecified atom stereocenters. The summed E-state index contributed by atoms with van der Waals surface area (Å²) in [5, 5.41) is 12.6. The summed E-state index contributed by atoms with van der Waals surface area (Å²) in [6.45, 7) is 6.57. The average Bonchev–Trinajstić information content (AvgIpc) is 2.75. The Morgan fingerprint density at radius 2 is 1.87 bits per heavy atom. The van der Waals surface area contributed by atoms with Crippen LogP contribution in [0.5, 0.6) is 5.75 Å². The van der Waals surface area contributed by atoms with Crippen LogP contribution in [0.3, 0.4) is 0 Å². The number of carbonyl (C=O) groups is 1. The van der Waals surface area contributed by atoms with E-state index in [9.17, 15) is 4.79 Å². The van der Waals surface area contributed by atoms with Gasteiger partial charge >= 0.3 is 0 Å². The van der Waals surface area contributed by atoms with Crippen molar-refractivity contribution in [3.8, 4) is 11.8 Å². The monoisotopic (exact) mass is 420 g/mol. The lowest BCUT2D eigenvalue weighted by molar-refractivity contribution is -0.120. The smallest absolute Gasteiger partial charge is 0.241 e. The van der Waals surface area contributed by atoms with Crippen LogP contribution in [0, 0.1) is 25.2 Å². The van der Waals surface area contributed by atoms with E-state index in [1.165, 1.54) is 0 Å². The van der Waals surface area contributed by atoms with Gasteiger partial charge in [-0.25, -0.2) is 0 Å². The zero-order valence-electron chi connectivity index (χ0n) is 18.7. The zero-order valence-corrected chi connectivity index (χ0v) is 18.7. The summed E-state index contributed by atoms with van der Waals surface area (Å²) < 4.78 is 5.43.